The van der Waals surface area contributed by atoms with Crippen LogP contribution in [-0.2, 0) is 16.4 Å². The third-order valence-electron chi connectivity index (χ3n) is 4.75. The van der Waals surface area contributed by atoms with Crippen LogP contribution in [-0.4, -0.2) is 36.7 Å². The first kappa shape index (κ1) is 18.2. The fourth-order valence-electron chi connectivity index (χ4n) is 3.28. The zero-order valence-electron chi connectivity index (χ0n) is 15.5. The average molecular weight is 397 g/mol. The quantitative estimate of drug-likeness (QED) is 0.731. The summed E-state index contributed by atoms with van der Waals surface area (Å²) in [5.41, 5.74) is 2.75. The van der Waals surface area contributed by atoms with E-state index in [0.29, 0.717) is 22.7 Å². The summed E-state index contributed by atoms with van der Waals surface area (Å²) in [4.78, 5) is 17.5. The third kappa shape index (κ3) is 3.05. The lowest BCUT2D eigenvalue weighted by atomic mass is 10.1. The SMILES string of the molecule is COc1cccc(-c2nc3n(c2C(=O)Nc2ccccc2C)CCS3(=O)=O)c1. The first-order chi connectivity index (χ1) is 13.4. The molecular formula is C20H19N3O4S. The van der Waals surface area contributed by atoms with Crippen molar-refractivity contribution in [1.29, 1.82) is 0 Å². The number of methoxy groups -OCH3 is 1. The molecule has 1 aliphatic rings. The van der Waals surface area contributed by atoms with Gasteiger partial charge in [0.05, 0.1) is 12.9 Å². The monoisotopic (exact) mass is 397 g/mol. The minimum atomic E-state index is -3.50. The molecule has 2 aromatic carbocycles. The molecule has 0 fully saturated rings. The van der Waals surface area contributed by atoms with Crippen molar-refractivity contribution in [2.75, 3.05) is 18.2 Å². The van der Waals surface area contributed by atoms with E-state index < -0.39 is 15.7 Å². The molecule has 0 atom stereocenters. The molecule has 1 aromatic heterocycles. The molecule has 0 aliphatic carbocycles. The molecule has 1 aliphatic heterocycles. The summed E-state index contributed by atoms with van der Waals surface area (Å²) < 4.78 is 31.5. The number of nitrogens with one attached hydrogen (secondary N) is 1. The van der Waals surface area contributed by atoms with Crippen LogP contribution < -0.4 is 10.1 Å². The topological polar surface area (TPSA) is 90.3 Å². The number of sulfone groups is 1. The lowest BCUT2D eigenvalue weighted by Crippen LogP contribution is -2.18. The molecule has 7 nitrogen and oxygen atoms in total. The molecule has 0 unspecified atom stereocenters. The molecule has 28 heavy (non-hydrogen) atoms. The van der Waals surface area contributed by atoms with Crippen molar-refractivity contribution >= 4 is 21.4 Å². The van der Waals surface area contributed by atoms with Gasteiger partial charge in [-0.2, -0.15) is 0 Å². The van der Waals surface area contributed by atoms with E-state index in [1.807, 2.05) is 25.1 Å². The molecule has 0 radical (unpaired) electrons. The predicted octanol–water partition coefficient (Wildman–Crippen LogP) is 2.91. The van der Waals surface area contributed by atoms with E-state index in [1.165, 1.54) is 4.57 Å². The van der Waals surface area contributed by atoms with Gasteiger partial charge in [0.15, 0.2) is 0 Å². The van der Waals surface area contributed by atoms with E-state index in [-0.39, 0.29) is 23.1 Å². The number of amides is 1. The summed E-state index contributed by atoms with van der Waals surface area (Å²) >= 11 is 0. The molecular weight excluding hydrogens is 378 g/mol. The maximum Gasteiger partial charge on any atom is 0.274 e. The average Bonchev–Trinajstić information content (AvgIpc) is 3.21. The largest absolute Gasteiger partial charge is 0.497 e. The van der Waals surface area contributed by atoms with Crippen LogP contribution in [0, 0.1) is 6.92 Å². The second kappa shape index (κ2) is 6.79. The van der Waals surface area contributed by atoms with Gasteiger partial charge >= 0.3 is 0 Å². The fourth-order valence-corrected chi connectivity index (χ4v) is 4.63. The van der Waals surface area contributed by atoms with Crippen LogP contribution in [0.2, 0.25) is 0 Å². The smallest absolute Gasteiger partial charge is 0.274 e. The minimum Gasteiger partial charge on any atom is -0.497 e. The first-order valence-electron chi connectivity index (χ1n) is 8.75. The van der Waals surface area contributed by atoms with Crippen molar-refractivity contribution in [3.63, 3.8) is 0 Å². The molecule has 8 heteroatoms. The summed E-state index contributed by atoms with van der Waals surface area (Å²) in [5.74, 6) is 0.139. The highest BCUT2D eigenvalue weighted by molar-refractivity contribution is 7.91. The Labute approximate surface area is 162 Å². The number of ether oxygens (including phenoxy) is 1. The number of anilines is 1. The zero-order valence-corrected chi connectivity index (χ0v) is 16.3. The van der Waals surface area contributed by atoms with Gasteiger partial charge in [0.1, 0.15) is 17.1 Å². The van der Waals surface area contributed by atoms with Crippen molar-refractivity contribution in [3.8, 4) is 17.0 Å². The third-order valence-corrected chi connectivity index (χ3v) is 6.33. The van der Waals surface area contributed by atoms with Gasteiger partial charge in [-0.15, -0.1) is 0 Å². The van der Waals surface area contributed by atoms with Gasteiger partial charge in [-0.25, -0.2) is 13.4 Å². The highest BCUT2D eigenvalue weighted by Crippen LogP contribution is 2.32. The molecule has 3 aromatic rings. The maximum absolute atomic E-state index is 13.1. The second-order valence-electron chi connectivity index (χ2n) is 6.56. The van der Waals surface area contributed by atoms with Crippen molar-refractivity contribution in [1.82, 2.24) is 9.55 Å². The van der Waals surface area contributed by atoms with Crippen molar-refractivity contribution in [3.05, 3.63) is 59.8 Å². The molecule has 2 heterocycles. The maximum atomic E-state index is 13.1. The van der Waals surface area contributed by atoms with Gasteiger partial charge in [0, 0.05) is 17.8 Å². The van der Waals surface area contributed by atoms with E-state index in [4.69, 9.17) is 4.74 Å². The molecule has 0 spiro atoms. The highest BCUT2D eigenvalue weighted by atomic mass is 32.2. The highest BCUT2D eigenvalue weighted by Gasteiger charge is 2.35. The number of nitrogens with zero attached hydrogens (tertiary/aromatic N) is 2. The van der Waals surface area contributed by atoms with E-state index >= 15 is 0 Å². The number of carbonyl (C=O) groups is 1. The number of aromatic nitrogens is 2. The number of aryl methyl sites for hydroxylation is 1. The number of hydrogen-bond acceptors (Lipinski definition) is 5. The number of para-hydroxylation sites is 1. The van der Waals surface area contributed by atoms with E-state index in [2.05, 4.69) is 10.3 Å². The Balaban J connectivity index is 1.85. The zero-order chi connectivity index (χ0) is 19.9. The van der Waals surface area contributed by atoms with Gasteiger partial charge < -0.3 is 14.6 Å². The molecule has 144 valence electrons. The van der Waals surface area contributed by atoms with Crippen LogP contribution in [0.1, 0.15) is 16.1 Å². The summed E-state index contributed by atoms with van der Waals surface area (Å²) in [5, 5.41) is 2.81. The Bertz CT molecular complexity index is 1180. The molecule has 4 rings (SSSR count). The molecule has 0 saturated heterocycles. The Morgan fingerprint density at radius 3 is 2.71 bits per heavy atom. The van der Waals surface area contributed by atoms with Crippen LogP contribution in [0.5, 0.6) is 5.75 Å². The van der Waals surface area contributed by atoms with E-state index in [0.717, 1.165) is 5.56 Å². The lowest BCUT2D eigenvalue weighted by Gasteiger charge is -2.11. The number of rotatable bonds is 4. The number of benzene rings is 2. The van der Waals surface area contributed by atoms with Gasteiger partial charge in [-0.3, -0.25) is 4.79 Å². The van der Waals surface area contributed by atoms with Gasteiger partial charge in [0.25, 0.3) is 5.91 Å². The number of carbonyl (C=O) groups excluding carboxylic acids is 1. The Morgan fingerprint density at radius 2 is 1.96 bits per heavy atom. The Morgan fingerprint density at radius 1 is 1.18 bits per heavy atom. The van der Waals surface area contributed by atoms with E-state index in [9.17, 15) is 13.2 Å². The fraction of sp³-hybridized carbons (Fsp3) is 0.200. The van der Waals surface area contributed by atoms with Crippen LogP contribution in [0.15, 0.2) is 53.7 Å². The second-order valence-corrected chi connectivity index (χ2v) is 8.57. The Hall–Kier alpha value is -3.13. The van der Waals surface area contributed by atoms with Crippen LogP contribution in [0.3, 0.4) is 0 Å². The molecule has 0 bridgehead atoms. The first-order valence-corrected chi connectivity index (χ1v) is 10.4. The predicted molar refractivity (Wildman–Crippen MR) is 105 cm³/mol. The number of hydrogen-bond donors (Lipinski definition) is 1. The van der Waals surface area contributed by atoms with Crippen molar-refractivity contribution in [2.24, 2.45) is 0 Å². The minimum absolute atomic E-state index is 0.0572. The van der Waals surface area contributed by atoms with Crippen molar-refractivity contribution < 1.29 is 17.9 Å². The number of fused-ring (bicyclic) bond motifs is 1. The van der Waals surface area contributed by atoms with Crippen LogP contribution in [0.4, 0.5) is 5.69 Å². The summed E-state index contributed by atoms with van der Waals surface area (Å²) in [6, 6.07) is 14.5. The van der Waals surface area contributed by atoms with Crippen molar-refractivity contribution in [2.45, 2.75) is 18.6 Å². The lowest BCUT2D eigenvalue weighted by molar-refractivity contribution is 0.101. The van der Waals surface area contributed by atoms with Gasteiger partial charge in [0.2, 0.25) is 15.0 Å². The van der Waals surface area contributed by atoms with E-state index in [1.54, 1.807) is 37.4 Å². The van der Waals surface area contributed by atoms with Gasteiger partial charge in [-0.05, 0) is 30.7 Å². The molecule has 0 saturated carbocycles. The Kier molecular flexibility index (Phi) is 4.43. The van der Waals surface area contributed by atoms with Gasteiger partial charge in [-0.1, -0.05) is 30.3 Å². The normalized spacial score (nSPS) is 14.5. The summed E-state index contributed by atoms with van der Waals surface area (Å²) in [6.45, 7) is 2.09. The standard InChI is InChI=1S/C20H19N3O4S/c1-13-6-3-4-9-16(13)21-19(24)18-17(14-7-5-8-15(12-14)27-2)22-20-23(18)10-11-28(20,25)26/h3-9,12H,10-11H2,1-2H3,(H,21,24). The molecule has 1 N–H and O–H groups in total. The summed E-state index contributed by atoms with van der Waals surface area (Å²) in [7, 11) is -1.96. The van der Waals surface area contributed by atoms with Crippen LogP contribution >= 0.6 is 0 Å². The van der Waals surface area contributed by atoms with Crippen LogP contribution in [0.25, 0.3) is 11.3 Å². The molecule has 1 amide bonds. The number of imidazole rings is 1. The summed E-state index contributed by atoms with van der Waals surface area (Å²) in [6.07, 6.45) is 0.